The van der Waals surface area contributed by atoms with Gasteiger partial charge in [-0.3, -0.25) is 9.55 Å². The fraction of sp³-hybridized carbons (Fsp3) is 0. The highest BCUT2D eigenvalue weighted by atomic mass is 28.3. The van der Waals surface area contributed by atoms with E-state index in [-0.39, 0.29) is 0 Å². The van der Waals surface area contributed by atoms with Crippen LogP contribution in [0.4, 0.5) is 0 Å². The van der Waals surface area contributed by atoms with Gasteiger partial charge in [-0.2, -0.15) is 9.97 Å². The first-order chi connectivity index (χ1) is 31.2. The lowest BCUT2D eigenvalue weighted by Crippen LogP contribution is -2.74. The van der Waals surface area contributed by atoms with Crippen molar-refractivity contribution in [1.29, 1.82) is 0 Å². The Morgan fingerprint density at radius 2 is 1.00 bits per heavy atom. The van der Waals surface area contributed by atoms with E-state index in [0.29, 0.717) is 17.6 Å². The second-order valence-electron chi connectivity index (χ2n) is 15.8. The predicted octanol–water partition coefficient (Wildman–Crippen LogP) is 10.6. The lowest BCUT2D eigenvalue weighted by molar-refractivity contribution is 0.668. The molecule has 0 radical (unpaired) electrons. The van der Waals surface area contributed by atoms with E-state index >= 15 is 0 Å². The van der Waals surface area contributed by atoms with Crippen LogP contribution in [0.2, 0.25) is 0 Å². The smallest absolute Gasteiger partial charge is 0.238 e. The molecule has 6 nitrogen and oxygen atoms in total. The SMILES string of the molecule is c1ccc(-c2ccc3c(c2)c2ccccc2n3-c2nc(-c3cccc([Si](c4ccccc4)(c4ccccc4)c4ccccc4)c3)nc(-c3cccc4oc5ccncc5c34)n2)cc1. The zero-order valence-corrected chi connectivity index (χ0v) is 35.0. The number of rotatable bonds is 8. The number of pyridine rings is 1. The number of benzene rings is 8. The summed E-state index contributed by atoms with van der Waals surface area (Å²) in [5, 5.41) is 9.17. The molecule has 12 aromatic rings. The van der Waals surface area contributed by atoms with Crippen LogP contribution in [0.5, 0.6) is 0 Å². The number of aromatic nitrogens is 5. The molecule has 0 bridgehead atoms. The Labute approximate surface area is 364 Å². The van der Waals surface area contributed by atoms with Gasteiger partial charge in [-0.05, 0) is 62.2 Å². The summed E-state index contributed by atoms with van der Waals surface area (Å²) in [5.41, 5.74) is 7.57. The van der Waals surface area contributed by atoms with Gasteiger partial charge in [0.05, 0.1) is 11.0 Å². The molecule has 296 valence electrons. The van der Waals surface area contributed by atoms with Crippen molar-refractivity contribution >= 4 is 72.6 Å². The molecular formula is C56H37N5OSi. The second-order valence-corrected chi connectivity index (χ2v) is 19.6. The quantitative estimate of drug-likeness (QED) is 0.113. The molecule has 0 aliphatic carbocycles. The molecule has 8 aromatic carbocycles. The summed E-state index contributed by atoms with van der Waals surface area (Å²) in [5.74, 6) is 1.64. The third-order valence-corrected chi connectivity index (χ3v) is 17.1. The first-order valence-electron chi connectivity index (χ1n) is 21.1. The number of furan rings is 1. The molecule has 0 aliphatic heterocycles. The van der Waals surface area contributed by atoms with Crippen molar-refractivity contribution in [3.8, 4) is 39.9 Å². The van der Waals surface area contributed by atoms with Crippen LogP contribution in [0.25, 0.3) is 83.6 Å². The Bertz CT molecular complexity index is 3530. The number of hydrogen-bond acceptors (Lipinski definition) is 5. The van der Waals surface area contributed by atoms with E-state index in [1.54, 1.807) is 6.20 Å². The Kier molecular flexibility index (Phi) is 8.72. The van der Waals surface area contributed by atoms with Gasteiger partial charge in [0.2, 0.25) is 5.95 Å². The summed E-state index contributed by atoms with van der Waals surface area (Å²) in [6.45, 7) is 0. The van der Waals surface area contributed by atoms with Crippen LogP contribution in [0, 0.1) is 0 Å². The summed E-state index contributed by atoms with van der Waals surface area (Å²) in [6.07, 6.45) is 3.61. The van der Waals surface area contributed by atoms with Crippen molar-refractivity contribution < 1.29 is 4.42 Å². The van der Waals surface area contributed by atoms with Crippen molar-refractivity contribution in [1.82, 2.24) is 24.5 Å². The van der Waals surface area contributed by atoms with E-state index in [1.165, 1.54) is 20.7 Å². The first kappa shape index (κ1) is 36.6. The molecule has 0 spiro atoms. The normalized spacial score (nSPS) is 11.8. The van der Waals surface area contributed by atoms with Crippen LogP contribution in [0.1, 0.15) is 0 Å². The number of fused-ring (bicyclic) bond motifs is 6. The standard InChI is InChI=1S/C56H37N5OSi/c1-5-17-38(18-6-1)39-31-32-50-47(36-39)45-27-13-14-29-49(45)61(50)56-59-54(58-55(60-56)46-28-16-30-52-53(46)48-37-57-34-33-51(48)62-52)40-19-15-26-44(35-40)63(41-20-7-2-8-21-41,42-22-9-3-10-23-42)43-24-11-4-12-25-43/h1-37H. The average Bonchev–Trinajstić information content (AvgIpc) is 3.91. The Morgan fingerprint density at radius 3 is 1.73 bits per heavy atom. The molecule has 12 rings (SSSR count). The highest BCUT2D eigenvalue weighted by molar-refractivity contribution is 7.19. The maximum Gasteiger partial charge on any atom is 0.238 e. The first-order valence-corrected chi connectivity index (χ1v) is 23.1. The van der Waals surface area contributed by atoms with Gasteiger partial charge in [0, 0.05) is 45.1 Å². The van der Waals surface area contributed by atoms with Gasteiger partial charge in [0.1, 0.15) is 11.2 Å². The van der Waals surface area contributed by atoms with Crippen LogP contribution in [0.15, 0.2) is 229 Å². The molecule has 4 heterocycles. The van der Waals surface area contributed by atoms with E-state index in [1.807, 2.05) is 24.4 Å². The van der Waals surface area contributed by atoms with Crippen molar-refractivity contribution in [2.45, 2.75) is 0 Å². The monoisotopic (exact) mass is 823 g/mol. The summed E-state index contributed by atoms with van der Waals surface area (Å²) < 4.78 is 8.55. The largest absolute Gasteiger partial charge is 0.456 e. The van der Waals surface area contributed by atoms with Gasteiger partial charge < -0.3 is 4.42 Å². The Balaban J connectivity index is 1.14. The minimum absolute atomic E-state index is 0.527. The zero-order chi connectivity index (χ0) is 41.7. The molecule has 0 unspecified atom stereocenters. The van der Waals surface area contributed by atoms with Gasteiger partial charge >= 0.3 is 0 Å². The fourth-order valence-electron chi connectivity index (χ4n) is 9.53. The maximum absolute atomic E-state index is 6.36. The molecule has 0 saturated carbocycles. The van der Waals surface area contributed by atoms with Crippen LogP contribution >= 0.6 is 0 Å². The molecule has 4 aromatic heterocycles. The zero-order valence-electron chi connectivity index (χ0n) is 34.0. The van der Waals surface area contributed by atoms with Crippen LogP contribution in [-0.2, 0) is 0 Å². The lowest BCUT2D eigenvalue weighted by atomic mass is 10.0. The highest BCUT2D eigenvalue weighted by Crippen LogP contribution is 2.38. The van der Waals surface area contributed by atoms with Gasteiger partial charge in [-0.25, -0.2) is 4.98 Å². The number of para-hydroxylation sites is 1. The summed E-state index contributed by atoms with van der Waals surface area (Å²) >= 11 is 0. The van der Waals surface area contributed by atoms with Crippen molar-refractivity contribution in [3.63, 3.8) is 0 Å². The molecule has 0 saturated heterocycles. The Morgan fingerprint density at radius 1 is 0.397 bits per heavy atom. The second kappa shape index (κ2) is 15.0. The van der Waals surface area contributed by atoms with Gasteiger partial charge in [-0.1, -0.05) is 182 Å². The minimum Gasteiger partial charge on any atom is -0.456 e. The minimum atomic E-state index is -2.87. The molecular weight excluding hydrogens is 787 g/mol. The van der Waals surface area contributed by atoms with Gasteiger partial charge in [0.25, 0.3) is 0 Å². The number of hydrogen-bond donors (Lipinski definition) is 0. The lowest BCUT2D eigenvalue weighted by Gasteiger charge is -2.34. The third kappa shape index (κ3) is 6.01. The van der Waals surface area contributed by atoms with E-state index < -0.39 is 8.07 Å². The molecule has 63 heavy (non-hydrogen) atoms. The van der Waals surface area contributed by atoms with Crippen molar-refractivity contribution in [2.24, 2.45) is 0 Å². The summed E-state index contributed by atoms with van der Waals surface area (Å²) in [7, 11) is -2.87. The van der Waals surface area contributed by atoms with E-state index in [4.69, 9.17) is 19.4 Å². The van der Waals surface area contributed by atoms with E-state index in [9.17, 15) is 0 Å². The van der Waals surface area contributed by atoms with E-state index in [0.717, 1.165) is 66.0 Å². The molecule has 7 heteroatoms. The average molecular weight is 824 g/mol. The van der Waals surface area contributed by atoms with Crippen LogP contribution in [0.3, 0.4) is 0 Å². The van der Waals surface area contributed by atoms with Crippen LogP contribution in [-0.4, -0.2) is 32.6 Å². The highest BCUT2D eigenvalue weighted by Gasteiger charge is 2.41. The fourth-order valence-corrected chi connectivity index (χ4v) is 14.3. The molecule has 0 atom stereocenters. The number of nitrogens with zero attached hydrogens (tertiary/aromatic N) is 5. The molecule has 0 N–H and O–H groups in total. The predicted molar refractivity (Wildman–Crippen MR) is 259 cm³/mol. The topological polar surface area (TPSA) is 69.6 Å². The molecule has 0 aliphatic rings. The van der Waals surface area contributed by atoms with Gasteiger partial charge in [-0.15, -0.1) is 0 Å². The summed E-state index contributed by atoms with van der Waals surface area (Å²) in [4.78, 5) is 20.7. The Hall–Kier alpha value is -8.26. The molecule has 0 amide bonds. The van der Waals surface area contributed by atoms with E-state index in [2.05, 4.69) is 204 Å². The summed E-state index contributed by atoms with van der Waals surface area (Å²) in [6, 6.07) is 75.5. The maximum atomic E-state index is 6.36. The van der Waals surface area contributed by atoms with Crippen molar-refractivity contribution in [2.75, 3.05) is 0 Å². The van der Waals surface area contributed by atoms with Crippen molar-refractivity contribution in [3.05, 3.63) is 225 Å². The molecule has 0 fully saturated rings. The van der Waals surface area contributed by atoms with Crippen LogP contribution < -0.4 is 20.7 Å². The third-order valence-electron chi connectivity index (χ3n) is 12.3. The van der Waals surface area contributed by atoms with Gasteiger partial charge in [0.15, 0.2) is 19.7 Å².